The van der Waals surface area contributed by atoms with Gasteiger partial charge in [0, 0.05) is 37.1 Å². The summed E-state index contributed by atoms with van der Waals surface area (Å²) in [5, 5.41) is 2.59. The molecule has 0 unspecified atom stereocenters. The molecule has 266 valence electrons. The first-order valence-corrected chi connectivity index (χ1v) is 20.5. The second kappa shape index (κ2) is 12.5. The zero-order valence-corrected chi connectivity index (χ0v) is 31.9. The lowest BCUT2D eigenvalue weighted by molar-refractivity contribution is 0.793. The monoisotopic (exact) mass is 741 g/mol. The predicted octanol–water partition coefficient (Wildman–Crippen LogP) is 15.2. The van der Waals surface area contributed by atoms with Crippen LogP contribution >= 0.6 is 11.3 Å². The Balaban J connectivity index is 1.14. The van der Waals surface area contributed by atoms with Crippen LogP contribution in [0.3, 0.4) is 0 Å². The van der Waals surface area contributed by atoms with Gasteiger partial charge in [-0.1, -0.05) is 170 Å². The number of anilines is 3. The van der Waals surface area contributed by atoms with Gasteiger partial charge in [0.05, 0.1) is 11.1 Å². The van der Waals surface area contributed by atoms with E-state index in [-0.39, 0.29) is 0 Å². The number of hydrogen-bond donors (Lipinski definition) is 0. The normalized spacial score (nSPS) is 13.1. The van der Waals surface area contributed by atoms with E-state index in [0.717, 1.165) is 17.1 Å². The molecule has 1 heterocycles. The highest BCUT2D eigenvalue weighted by Crippen LogP contribution is 2.63. The van der Waals surface area contributed by atoms with Crippen LogP contribution in [0.5, 0.6) is 0 Å². The fourth-order valence-electron chi connectivity index (χ4n) is 9.97. The minimum atomic E-state index is -0.429. The van der Waals surface area contributed by atoms with Gasteiger partial charge in [-0.3, -0.25) is 0 Å². The summed E-state index contributed by atoms with van der Waals surface area (Å²) in [5.74, 6) is 0. The standard InChI is InChI=1S/C55H35NS/c1-3-15-36(16-4-1)37-27-29-38(30-28-37)53-50(33-34-52-54(53)45-22-10-14-26-51(45)57-52)56(39-17-5-2-6-18-39)40-31-32-44-43-21-9-13-25-48(43)55(49(44)35-40)46-23-11-7-19-41(46)42-20-8-12-24-47(42)55/h1-35H. The van der Waals surface area contributed by atoms with Gasteiger partial charge in [-0.15, -0.1) is 11.3 Å². The number of para-hydroxylation sites is 1. The predicted molar refractivity (Wildman–Crippen MR) is 241 cm³/mol. The summed E-state index contributed by atoms with van der Waals surface area (Å²) in [5.41, 5.74) is 18.5. The number of fused-ring (bicyclic) bond motifs is 13. The molecule has 57 heavy (non-hydrogen) atoms. The van der Waals surface area contributed by atoms with E-state index in [1.165, 1.54) is 86.9 Å². The van der Waals surface area contributed by atoms with Crippen molar-refractivity contribution < 1.29 is 0 Å². The molecule has 0 aliphatic heterocycles. The summed E-state index contributed by atoms with van der Waals surface area (Å²) in [6.07, 6.45) is 0. The number of benzene rings is 9. The minimum Gasteiger partial charge on any atom is -0.310 e. The van der Waals surface area contributed by atoms with E-state index >= 15 is 0 Å². The Hall–Kier alpha value is -7.00. The first-order valence-electron chi connectivity index (χ1n) is 19.7. The molecule has 0 N–H and O–H groups in total. The third-order valence-corrected chi connectivity index (χ3v) is 13.4. The van der Waals surface area contributed by atoms with Crippen LogP contribution in [0.15, 0.2) is 212 Å². The summed E-state index contributed by atoms with van der Waals surface area (Å²) in [6, 6.07) is 78.7. The number of thiophene rings is 1. The zero-order chi connectivity index (χ0) is 37.5. The molecule has 2 heteroatoms. The van der Waals surface area contributed by atoms with Gasteiger partial charge in [0.2, 0.25) is 0 Å². The van der Waals surface area contributed by atoms with Crippen LogP contribution in [0, 0.1) is 0 Å². The first-order chi connectivity index (χ1) is 28.3. The van der Waals surface area contributed by atoms with Crippen molar-refractivity contribution in [3.8, 4) is 44.5 Å². The molecule has 10 aromatic rings. The van der Waals surface area contributed by atoms with Crippen molar-refractivity contribution in [3.63, 3.8) is 0 Å². The van der Waals surface area contributed by atoms with Gasteiger partial charge in [0.15, 0.2) is 0 Å². The smallest absolute Gasteiger partial charge is 0.0726 e. The third kappa shape index (κ3) is 4.62. The average Bonchev–Trinajstić information content (AvgIpc) is 3.91. The number of nitrogens with zero attached hydrogens (tertiary/aromatic N) is 1. The van der Waals surface area contributed by atoms with Crippen LogP contribution in [0.2, 0.25) is 0 Å². The topological polar surface area (TPSA) is 3.24 Å². The van der Waals surface area contributed by atoms with Crippen molar-refractivity contribution in [1.29, 1.82) is 0 Å². The van der Waals surface area contributed by atoms with Gasteiger partial charge in [0.1, 0.15) is 0 Å². The molecular formula is C55H35NS. The molecule has 0 saturated carbocycles. The lowest BCUT2D eigenvalue weighted by Gasteiger charge is -2.33. The molecular weight excluding hydrogens is 707 g/mol. The molecule has 9 aromatic carbocycles. The van der Waals surface area contributed by atoms with Gasteiger partial charge in [0.25, 0.3) is 0 Å². The number of rotatable bonds is 5. The van der Waals surface area contributed by atoms with Crippen LogP contribution in [0.1, 0.15) is 22.3 Å². The fraction of sp³-hybridized carbons (Fsp3) is 0.0182. The molecule has 0 atom stereocenters. The first kappa shape index (κ1) is 32.3. The maximum absolute atomic E-state index is 2.50. The molecule has 0 fully saturated rings. The van der Waals surface area contributed by atoms with Crippen LogP contribution in [0.25, 0.3) is 64.7 Å². The van der Waals surface area contributed by atoms with E-state index in [0.29, 0.717) is 0 Å². The van der Waals surface area contributed by atoms with E-state index in [1.54, 1.807) is 0 Å². The maximum atomic E-state index is 2.50. The van der Waals surface area contributed by atoms with Crippen molar-refractivity contribution in [2.45, 2.75) is 5.41 Å². The van der Waals surface area contributed by atoms with Crippen molar-refractivity contribution in [1.82, 2.24) is 0 Å². The van der Waals surface area contributed by atoms with Crippen LogP contribution in [-0.4, -0.2) is 0 Å². The van der Waals surface area contributed by atoms with Gasteiger partial charge >= 0.3 is 0 Å². The van der Waals surface area contributed by atoms with Gasteiger partial charge in [-0.05, 0) is 104 Å². The van der Waals surface area contributed by atoms with Crippen molar-refractivity contribution >= 4 is 48.6 Å². The van der Waals surface area contributed by atoms with E-state index in [9.17, 15) is 0 Å². The quantitative estimate of drug-likeness (QED) is 0.170. The summed E-state index contributed by atoms with van der Waals surface area (Å²) in [4.78, 5) is 2.50. The van der Waals surface area contributed by atoms with E-state index in [1.807, 2.05) is 11.3 Å². The largest absolute Gasteiger partial charge is 0.310 e. The van der Waals surface area contributed by atoms with E-state index < -0.39 is 5.41 Å². The molecule has 2 aliphatic carbocycles. The summed E-state index contributed by atoms with van der Waals surface area (Å²) < 4.78 is 2.59. The lowest BCUT2D eigenvalue weighted by atomic mass is 9.70. The molecule has 0 saturated heterocycles. The molecule has 0 amide bonds. The Labute approximate surface area is 336 Å². The van der Waals surface area contributed by atoms with Crippen LogP contribution in [0.4, 0.5) is 17.1 Å². The Morgan fingerprint density at radius 3 is 1.54 bits per heavy atom. The van der Waals surface area contributed by atoms with E-state index in [4.69, 9.17) is 0 Å². The number of hydrogen-bond acceptors (Lipinski definition) is 2. The minimum absolute atomic E-state index is 0.429. The molecule has 1 aromatic heterocycles. The molecule has 12 rings (SSSR count). The van der Waals surface area contributed by atoms with Crippen molar-refractivity contribution in [2.75, 3.05) is 4.90 Å². The van der Waals surface area contributed by atoms with Crippen LogP contribution < -0.4 is 4.90 Å². The molecule has 2 aliphatic rings. The Kier molecular flexibility index (Phi) is 7.08. The van der Waals surface area contributed by atoms with Crippen LogP contribution in [-0.2, 0) is 5.41 Å². The summed E-state index contributed by atoms with van der Waals surface area (Å²) in [7, 11) is 0. The molecule has 0 bridgehead atoms. The Bertz CT molecular complexity index is 3110. The summed E-state index contributed by atoms with van der Waals surface area (Å²) in [6.45, 7) is 0. The second-order valence-corrected chi connectivity index (χ2v) is 16.2. The Morgan fingerprint density at radius 1 is 0.351 bits per heavy atom. The highest BCUT2D eigenvalue weighted by Gasteiger charge is 2.51. The van der Waals surface area contributed by atoms with Gasteiger partial charge in [-0.25, -0.2) is 0 Å². The average molecular weight is 742 g/mol. The van der Waals surface area contributed by atoms with Gasteiger partial charge < -0.3 is 4.90 Å². The van der Waals surface area contributed by atoms with Crippen molar-refractivity contribution in [3.05, 3.63) is 235 Å². The maximum Gasteiger partial charge on any atom is 0.0726 e. The van der Waals surface area contributed by atoms with Gasteiger partial charge in [-0.2, -0.15) is 0 Å². The summed E-state index contributed by atoms with van der Waals surface area (Å²) >= 11 is 1.87. The van der Waals surface area contributed by atoms with E-state index in [2.05, 4.69) is 217 Å². The van der Waals surface area contributed by atoms with Crippen molar-refractivity contribution in [2.24, 2.45) is 0 Å². The lowest BCUT2D eigenvalue weighted by Crippen LogP contribution is -2.26. The third-order valence-electron chi connectivity index (χ3n) is 12.3. The molecule has 1 spiro atoms. The fourth-order valence-corrected chi connectivity index (χ4v) is 11.1. The second-order valence-electron chi connectivity index (χ2n) is 15.2. The highest BCUT2D eigenvalue weighted by molar-refractivity contribution is 7.26. The Morgan fingerprint density at radius 2 is 0.877 bits per heavy atom. The SMILES string of the molecule is c1ccc(-c2ccc(-c3c(N(c4ccccc4)c4ccc5c(c4)C4(c6ccccc6-c6ccccc64)c4ccccc4-5)ccc4sc5ccccc5c34)cc2)cc1. The zero-order valence-electron chi connectivity index (χ0n) is 31.1. The molecule has 0 radical (unpaired) electrons. The molecule has 1 nitrogen and oxygen atoms in total. The highest BCUT2D eigenvalue weighted by atomic mass is 32.1.